The van der Waals surface area contributed by atoms with Crippen LogP contribution < -0.4 is 0 Å². The van der Waals surface area contributed by atoms with Crippen molar-refractivity contribution in [2.75, 3.05) is 0 Å². The summed E-state index contributed by atoms with van der Waals surface area (Å²) in [5.74, 6) is 0. The van der Waals surface area contributed by atoms with Crippen LogP contribution in [0.2, 0.25) is 5.15 Å². The molecule has 4 aromatic rings. The minimum Gasteiger partial charge on any atom is -0.351 e. The molecule has 0 unspecified atom stereocenters. The Bertz CT molecular complexity index is 895. The highest BCUT2D eigenvalue weighted by Crippen LogP contribution is 2.30. The third-order valence-corrected chi connectivity index (χ3v) is 3.49. The lowest BCUT2D eigenvalue weighted by Crippen LogP contribution is -1.80. The molecule has 0 radical (unpaired) electrons. The second-order valence-electron chi connectivity index (χ2n) is 4.26. The lowest BCUT2D eigenvalue weighted by molar-refractivity contribution is 1.22. The summed E-state index contributed by atoms with van der Waals surface area (Å²) >= 11 is 6.08. The van der Waals surface area contributed by atoms with Crippen LogP contribution in [0.1, 0.15) is 0 Å². The quantitative estimate of drug-likeness (QED) is 0.483. The van der Waals surface area contributed by atoms with Gasteiger partial charge in [0.15, 0.2) is 5.15 Å². The summed E-state index contributed by atoms with van der Waals surface area (Å²) in [5, 5.41) is 3.93. The highest BCUT2D eigenvalue weighted by atomic mass is 35.5. The molecule has 0 aliphatic rings. The molecule has 0 fully saturated rings. The van der Waals surface area contributed by atoms with Gasteiger partial charge in [-0.05, 0) is 22.9 Å². The van der Waals surface area contributed by atoms with Crippen LogP contribution in [0.15, 0.2) is 42.7 Å². The fraction of sp³-hybridized carbons (Fsp3) is 0. The van der Waals surface area contributed by atoms with Gasteiger partial charge in [-0.3, -0.25) is 0 Å². The second kappa shape index (κ2) is 3.43. The number of hydrogen-bond acceptors (Lipinski definition) is 2. The highest BCUT2D eigenvalue weighted by Gasteiger charge is 2.09. The van der Waals surface area contributed by atoms with Crippen molar-refractivity contribution in [2.24, 2.45) is 0 Å². The first-order valence-electron chi connectivity index (χ1n) is 5.63. The lowest BCUT2D eigenvalue weighted by Gasteiger charge is -1.97. The zero-order valence-corrected chi connectivity index (χ0v) is 10.1. The maximum absolute atomic E-state index is 6.08. The maximum Gasteiger partial charge on any atom is 0.156 e. The standard InChI is InChI=1S/C14H8ClN3/c15-14-13-12(16-7-17-14)10-5-8-3-1-2-4-9(8)6-11(10)18-13/h1-7,18H. The molecule has 0 saturated carbocycles. The van der Waals surface area contributed by atoms with Crippen molar-refractivity contribution in [3.8, 4) is 0 Å². The molecule has 2 heterocycles. The number of H-pyrrole nitrogens is 1. The molecule has 3 nitrogen and oxygen atoms in total. The van der Waals surface area contributed by atoms with Gasteiger partial charge in [0.25, 0.3) is 0 Å². The number of nitrogens with zero attached hydrogens (tertiary/aromatic N) is 2. The van der Waals surface area contributed by atoms with Gasteiger partial charge in [0, 0.05) is 10.9 Å². The summed E-state index contributed by atoms with van der Waals surface area (Å²) in [5.41, 5.74) is 2.70. The Labute approximate surface area is 107 Å². The first kappa shape index (κ1) is 9.85. The highest BCUT2D eigenvalue weighted by molar-refractivity contribution is 6.34. The van der Waals surface area contributed by atoms with E-state index in [1.807, 2.05) is 12.1 Å². The average molecular weight is 254 g/mol. The minimum atomic E-state index is 0.459. The van der Waals surface area contributed by atoms with Gasteiger partial charge in [0.05, 0.1) is 0 Å². The van der Waals surface area contributed by atoms with Crippen LogP contribution >= 0.6 is 11.6 Å². The van der Waals surface area contributed by atoms with Gasteiger partial charge in [0.2, 0.25) is 0 Å². The van der Waals surface area contributed by atoms with E-state index in [0.29, 0.717) is 5.15 Å². The monoisotopic (exact) mass is 253 g/mol. The van der Waals surface area contributed by atoms with Gasteiger partial charge in [-0.2, -0.15) is 0 Å². The Morgan fingerprint density at radius 2 is 1.78 bits per heavy atom. The number of nitrogens with one attached hydrogen (secondary N) is 1. The zero-order valence-electron chi connectivity index (χ0n) is 9.31. The summed E-state index contributed by atoms with van der Waals surface area (Å²) in [6, 6.07) is 12.5. The molecule has 0 amide bonds. The molecule has 0 aliphatic carbocycles. The van der Waals surface area contributed by atoms with Crippen LogP contribution in [0.5, 0.6) is 0 Å². The van der Waals surface area contributed by atoms with Crippen LogP contribution in [0.4, 0.5) is 0 Å². The van der Waals surface area contributed by atoms with Crippen molar-refractivity contribution in [2.45, 2.75) is 0 Å². The zero-order chi connectivity index (χ0) is 12.1. The molecule has 2 aromatic heterocycles. The van der Waals surface area contributed by atoms with E-state index >= 15 is 0 Å². The number of aromatic nitrogens is 3. The first-order chi connectivity index (χ1) is 8.83. The van der Waals surface area contributed by atoms with E-state index in [0.717, 1.165) is 21.9 Å². The largest absolute Gasteiger partial charge is 0.351 e. The van der Waals surface area contributed by atoms with Crippen LogP contribution in [-0.2, 0) is 0 Å². The SMILES string of the molecule is Clc1ncnc2c1[nH]c1cc3ccccc3cc12. The number of aromatic amines is 1. The predicted molar refractivity (Wildman–Crippen MR) is 73.9 cm³/mol. The van der Waals surface area contributed by atoms with E-state index in [9.17, 15) is 0 Å². The van der Waals surface area contributed by atoms with Crippen molar-refractivity contribution in [3.05, 3.63) is 47.9 Å². The number of benzene rings is 2. The Balaban J connectivity index is 2.27. The number of rotatable bonds is 0. The van der Waals surface area contributed by atoms with Crippen LogP contribution in [-0.4, -0.2) is 15.0 Å². The number of hydrogen-bond donors (Lipinski definition) is 1. The molecule has 18 heavy (non-hydrogen) atoms. The molecule has 86 valence electrons. The Kier molecular flexibility index (Phi) is 1.88. The molecule has 0 bridgehead atoms. The van der Waals surface area contributed by atoms with Gasteiger partial charge >= 0.3 is 0 Å². The van der Waals surface area contributed by atoms with Crippen molar-refractivity contribution < 1.29 is 0 Å². The average Bonchev–Trinajstić information content (AvgIpc) is 2.76. The Hall–Kier alpha value is -2.13. The Morgan fingerprint density at radius 1 is 1.00 bits per heavy atom. The van der Waals surface area contributed by atoms with Crippen LogP contribution in [0.3, 0.4) is 0 Å². The lowest BCUT2D eigenvalue weighted by atomic mass is 10.1. The van der Waals surface area contributed by atoms with E-state index in [-0.39, 0.29) is 0 Å². The van der Waals surface area contributed by atoms with Crippen molar-refractivity contribution in [1.29, 1.82) is 0 Å². The molecule has 1 N–H and O–H groups in total. The molecule has 0 atom stereocenters. The Morgan fingerprint density at radius 3 is 2.61 bits per heavy atom. The second-order valence-corrected chi connectivity index (χ2v) is 4.62. The van der Waals surface area contributed by atoms with Gasteiger partial charge < -0.3 is 4.98 Å². The molecule has 0 aliphatic heterocycles. The fourth-order valence-electron chi connectivity index (χ4n) is 2.35. The maximum atomic E-state index is 6.08. The topological polar surface area (TPSA) is 41.6 Å². The van der Waals surface area contributed by atoms with E-state index < -0.39 is 0 Å². The molecular formula is C14H8ClN3. The molecule has 0 spiro atoms. The summed E-state index contributed by atoms with van der Waals surface area (Å²) < 4.78 is 0. The smallest absolute Gasteiger partial charge is 0.156 e. The van der Waals surface area contributed by atoms with E-state index in [2.05, 4.69) is 39.2 Å². The number of halogens is 1. The van der Waals surface area contributed by atoms with Crippen LogP contribution in [0.25, 0.3) is 32.7 Å². The van der Waals surface area contributed by atoms with Gasteiger partial charge in [0.1, 0.15) is 17.4 Å². The fourth-order valence-corrected chi connectivity index (χ4v) is 2.53. The van der Waals surface area contributed by atoms with E-state index in [4.69, 9.17) is 11.6 Å². The van der Waals surface area contributed by atoms with Gasteiger partial charge in [-0.1, -0.05) is 35.9 Å². The summed E-state index contributed by atoms with van der Waals surface area (Å²) in [6.45, 7) is 0. The minimum absolute atomic E-state index is 0.459. The summed E-state index contributed by atoms with van der Waals surface area (Å²) in [6.07, 6.45) is 1.49. The van der Waals surface area contributed by atoms with Gasteiger partial charge in [-0.25, -0.2) is 9.97 Å². The molecule has 0 saturated heterocycles. The van der Waals surface area contributed by atoms with E-state index in [1.54, 1.807) is 0 Å². The van der Waals surface area contributed by atoms with Crippen molar-refractivity contribution in [1.82, 2.24) is 15.0 Å². The molecular weight excluding hydrogens is 246 g/mol. The number of fused-ring (bicyclic) bond motifs is 4. The third-order valence-electron chi connectivity index (χ3n) is 3.20. The molecule has 4 rings (SSSR count). The summed E-state index contributed by atoms with van der Waals surface area (Å²) in [4.78, 5) is 11.6. The van der Waals surface area contributed by atoms with Crippen molar-refractivity contribution in [3.63, 3.8) is 0 Å². The van der Waals surface area contributed by atoms with Gasteiger partial charge in [-0.15, -0.1) is 0 Å². The molecule has 4 heteroatoms. The third kappa shape index (κ3) is 1.25. The normalized spacial score (nSPS) is 11.6. The molecule has 2 aromatic carbocycles. The first-order valence-corrected chi connectivity index (χ1v) is 6.01. The predicted octanol–water partition coefficient (Wildman–Crippen LogP) is 3.92. The summed E-state index contributed by atoms with van der Waals surface area (Å²) in [7, 11) is 0. The van der Waals surface area contributed by atoms with Crippen LogP contribution in [0, 0.1) is 0 Å². The van der Waals surface area contributed by atoms with Crippen molar-refractivity contribution >= 4 is 44.3 Å². The van der Waals surface area contributed by atoms with E-state index in [1.165, 1.54) is 17.1 Å².